The maximum absolute atomic E-state index is 13.0. The van der Waals surface area contributed by atoms with Crippen LogP contribution in [0.2, 0.25) is 0 Å². The lowest BCUT2D eigenvalue weighted by Crippen LogP contribution is -2.51. The number of methoxy groups -OCH3 is 1. The molecule has 1 unspecified atom stereocenters. The summed E-state index contributed by atoms with van der Waals surface area (Å²) in [5.74, 6) is -0.651. The molecule has 2 rings (SSSR count). The zero-order chi connectivity index (χ0) is 24.4. The number of rotatable bonds is 12. The van der Waals surface area contributed by atoms with Crippen LogP contribution in [0.25, 0.3) is 0 Å². The first kappa shape index (κ1) is 26.7. The highest BCUT2D eigenvalue weighted by molar-refractivity contribution is 7.88. The second-order valence-electron chi connectivity index (χ2n) is 8.22. The lowest BCUT2D eigenvalue weighted by Gasteiger charge is -2.25. The summed E-state index contributed by atoms with van der Waals surface area (Å²) in [7, 11) is -2.32. The van der Waals surface area contributed by atoms with Crippen LogP contribution >= 0.6 is 0 Å². The molecule has 1 aliphatic heterocycles. The number of hydrogen-bond donors (Lipinski definition) is 3. The van der Waals surface area contributed by atoms with Gasteiger partial charge in [0.1, 0.15) is 18.1 Å². The van der Waals surface area contributed by atoms with Gasteiger partial charge in [-0.3, -0.25) is 9.59 Å². The van der Waals surface area contributed by atoms with Crippen molar-refractivity contribution in [3.05, 3.63) is 29.3 Å². The van der Waals surface area contributed by atoms with Crippen LogP contribution in [0.5, 0.6) is 5.75 Å². The van der Waals surface area contributed by atoms with Crippen molar-refractivity contribution in [2.24, 2.45) is 5.73 Å². The quantitative estimate of drug-likeness (QED) is 0.361. The Bertz CT molecular complexity index is 937. The largest absolute Gasteiger partial charge is 0.497 e. The number of benzene rings is 1. The van der Waals surface area contributed by atoms with Crippen molar-refractivity contribution in [3.8, 4) is 5.75 Å². The van der Waals surface area contributed by atoms with Gasteiger partial charge in [-0.05, 0) is 68.8 Å². The maximum Gasteiger partial charge on any atom is 0.241 e. The highest BCUT2D eigenvalue weighted by atomic mass is 32.2. The van der Waals surface area contributed by atoms with Crippen molar-refractivity contribution in [1.82, 2.24) is 14.9 Å². The van der Waals surface area contributed by atoms with E-state index in [1.54, 1.807) is 18.2 Å². The number of aryl methyl sites for hydroxylation is 1. The van der Waals surface area contributed by atoms with Crippen molar-refractivity contribution in [2.45, 2.75) is 56.9 Å². The average Bonchev–Trinajstić information content (AvgIpc) is 2.93. The second kappa shape index (κ2) is 12.7. The Kier molecular flexibility index (Phi) is 10.3. The molecular formula is C22H34N4O6S. The number of carbonyl (C=O) groups is 3. The molecule has 0 bridgehead atoms. The first-order valence-corrected chi connectivity index (χ1v) is 12.7. The van der Waals surface area contributed by atoms with Crippen LogP contribution in [0.15, 0.2) is 18.2 Å². The van der Waals surface area contributed by atoms with E-state index in [9.17, 15) is 22.8 Å². The summed E-state index contributed by atoms with van der Waals surface area (Å²) in [5, 5.41) is 2.60. The van der Waals surface area contributed by atoms with Crippen molar-refractivity contribution < 1.29 is 27.5 Å². The van der Waals surface area contributed by atoms with Crippen molar-refractivity contribution in [2.75, 3.05) is 26.7 Å². The van der Waals surface area contributed by atoms with E-state index in [4.69, 9.17) is 10.5 Å². The molecule has 1 saturated heterocycles. The zero-order valence-corrected chi connectivity index (χ0v) is 20.0. The highest BCUT2D eigenvalue weighted by Gasteiger charge is 2.31. The summed E-state index contributed by atoms with van der Waals surface area (Å²) in [6.45, 7) is 2.32. The number of nitrogens with zero attached hydrogens (tertiary/aromatic N) is 1. The number of carbonyl (C=O) groups excluding carboxylic acids is 3. The highest BCUT2D eigenvalue weighted by Crippen LogP contribution is 2.20. The molecule has 10 nitrogen and oxygen atoms in total. The molecule has 2 amide bonds. The number of nitrogens with one attached hydrogen (secondary N) is 2. The van der Waals surface area contributed by atoms with E-state index in [1.165, 1.54) is 12.0 Å². The van der Waals surface area contributed by atoms with Crippen LogP contribution in [0.4, 0.5) is 0 Å². The Morgan fingerprint density at radius 1 is 1.36 bits per heavy atom. The molecule has 0 aromatic heterocycles. The van der Waals surface area contributed by atoms with Gasteiger partial charge in [0.2, 0.25) is 21.8 Å². The van der Waals surface area contributed by atoms with E-state index in [-0.39, 0.29) is 12.3 Å². The van der Waals surface area contributed by atoms with Crippen LogP contribution in [0.3, 0.4) is 0 Å². The van der Waals surface area contributed by atoms with Crippen LogP contribution < -0.4 is 20.5 Å². The first-order chi connectivity index (χ1) is 15.7. The Hall–Kier alpha value is -2.50. The summed E-state index contributed by atoms with van der Waals surface area (Å²) in [6, 6.07) is 3.58. The van der Waals surface area contributed by atoms with Gasteiger partial charge < -0.3 is 25.5 Å². The molecule has 0 spiro atoms. The molecule has 0 aliphatic carbocycles. The van der Waals surface area contributed by atoms with Gasteiger partial charge in [-0.25, -0.2) is 13.1 Å². The molecule has 0 saturated carbocycles. The third kappa shape index (κ3) is 8.41. The summed E-state index contributed by atoms with van der Waals surface area (Å²) >= 11 is 0. The van der Waals surface area contributed by atoms with Crippen molar-refractivity contribution >= 4 is 28.1 Å². The standard InChI is InChI=1S/C22H34N4O6S/c1-16-8-9-19(32-2)12-17(16)15-33(30,31)25-20-7-3-4-11-26(22(20)29)13-21(28)24-18(14-27)6-5-10-23/h8-9,12,14,18,20,25H,3-7,10-11,13,15,23H2,1-2H3,(H,24,28)/t18?,20-/m0/s1. The molecule has 1 aromatic carbocycles. The topological polar surface area (TPSA) is 148 Å². The molecule has 33 heavy (non-hydrogen) atoms. The van der Waals surface area contributed by atoms with Gasteiger partial charge >= 0.3 is 0 Å². The number of ether oxygens (including phenoxy) is 1. The van der Waals surface area contributed by atoms with Crippen LogP contribution in [-0.4, -0.2) is 70.2 Å². The molecular weight excluding hydrogens is 448 g/mol. The minimum absolute atomic E-state index is 0.237. The molecule has 1 heterocycles. The summed E-state index contributed by atoms with van der Waals surface area (Å²) in [4.78, 5) is 37.9. The number of amides is 2. The van der Waals surface area contributed by atoms with Crippen LogP contribution in [0.1, 0.15) is 43.2 Å². The van der Waals surface area contributed by atoms with Gasteiger partial charge in [-0.2, -0.15) is 0 Å². The van der Waals surface area contributed by atoms with Gasteiger partial charge in [0.25, 0.3) is 0 Å². The molecule has 1 fully saturated rings. The number of hydrogen-bond acceptors (Lipinski definition) is 7. The molecule has 1 aliphatic rings. The van der Waals surface area contributed by atoms with Gasteiger partial charge in [0.05, 0.1) is 25.4 Å². The van der Waals surface area contributed by atoms with E-state index >= 15 is 0 Å². The Labute approximate surface area is 195 Å². The average molecular weight is 483 g/mol. The van der Waals surface area contributed by atoms with Gasteiger partial charge in [-0.1, -0.05) is 6.07 Å². The molecule has 4 N–H and O–H groups in total. The monoisotopic (exact) mass is 482 g/mol. The summed E-state index contributed by atoms with van der Waals surface area (Å²) < 4.78 is 33.4. The minimum atomic E-state index is -3.83. The fourth-order valence-electron chi connectivity index (χ4n) is 3.70. The fourth-order valence-corrected chi connectivity index (χ4v) is 5.16. The zero-order valence-electron chi connectivity index (χ0n) is 19.2. The lowest BCUT2D eigenvalue weighted by molar-refractivity contribution is -0.137. The van der Waals surface area contributed by atoms with E-state index in [0.717, 1.165) is 5.56 Å². The number of sulfonamides is 1. The number of aldehydes is 1. The normalized spacial score (nSPS) is 17.8. The van der Waals surface area contributed by atoms with Gasteiger partial charge in [0, 0.05) is 6.54 Å². The lowest BCUT2D eigenvalue weighted by atomic mass is 10.1. The van der Waals surface area contributed by atoms with Crippen LogP contribution in [0, 0.1) is 6.92 Å². The van der Waals surface area contributed by atoms with E-state index in [2.05, 4.69) is 10.0 Å². The van der Waals surface area contributed by atoms with E-state index in [1.807, 2.05) is 6.92 Å². The predicted molar refractivity (Wildman–Crippen MR) is 124 cm³/mol. The fraction of sp³-hybridized carbons (Fsp3) is 0.591. The third-order valence-corrected chi connectivity index (χ3v) is 6.90. The number of nitrogens with two attached hydrogens (primary N) is 1. The summed E-state index contributed by atoms with van der Waals surface area (Å²) in [6.07, 6.45) is 3.30. The molecule has 1 aromatic rings. The van der Waals surface area contributed by atoms with Gasteiger partial charge in [0.15, 0.2) is 0 Å². The predicted octanol–water partition coefficient (Wildman–Crippen LogP) is 0.227. The molecule has 11 heteroatoms. The van der Waals surface area contributed by atoms with Crippen LogP contribution in [-0.2, 0) is 30.2 Å². The minimum Gasteiger partial charge on any atom is -0.497 e. The van der Waals surface area contributed by atoms with Gasteiger partial charge in [-0.15, -0.1) is 0 Å². The third-order valence-electron chi connectivity index (χ3n) is 5.57. The van der Waals surface area contributed by atoms with Crippen molar-refractivity contribution in [3.63, 3.8) is 0 Å². The molecule has 2 atom stereocenters. The summed E-state index contributed by atoms with van der Waals surface area (Å²) in [5.41, 5.74) is 6.82. The van der Waals surface area contributed by atoms with E-state index < -0.39 is 33.9 Å². The first-order valence-electron chi connectivity index (χ1n) is 11.1. The van der Waals surface area contributed by atoms with Crippen molar-refractivity contribution in [1.29, 1.82) is 0 Å². The Morgan fingerprint density at radius 2 is 2.12 bits per heavy atom. The molecule has 0 radical (unpaired) electrons. The second-order valence-corrected chi connectivity index (χ2v) is 9.97. The Morgan fingerprint density at radius 3 is 2.79 bits per heavy atom. The van der Waals surface area contributed by atoms with E-state index in [0.29, 0.717) is 62.8 Å². The SMILES string of the molecule is COc1ccc(C)c(CS(=O)(=O)N[C@H]2CCCCN(CC(=O)NC(C=O)CCCN)C2=O)c1. The molecule has 184 valence electrons. The smallest absolute Gasteiger partial charge is 0.241 e. The maximum atomic E-state index is 13.0. The number of likely N-dealkylation sites (tertiary alicyclic amines) is 1. The Balaban J connectivity index is 2.04.